The predicted octanol–water partition coefficient (Wildman–Crippen LogP) is 6.64. The van der Waals surface area contributed by atoms with E-state index in [4.69, 9.17) is 5.73 Å². The fourth-order valence-electron chi connectivity index (χ4n) is 3.26. The lowest BCUT2D eigenvalue weighted by Crippen LogP contribution is -2.16. The van der Waals surface area contributed by atoms with Crippen molar-refractivity contribution in [1.82, 2.24) is 4.57 Å². The summed E-state index contributed by atoms with van der Waals surface area (Å²) < 4.78 is 28.9. The van der Waals surface area contributed by atoms with E-state index in [2.05, 4.69) is 18.5 Å². The number of nitrogen functional groups attached to an aromatic ring is 1. The van der Waals surface area contributed by atoms with Crippen LogP contribution in [0.3, 0.4) is 0 Å². The highest BCUT2D eigenvalue weighted by Gasteiger charge is 2.14. The maximum atomic E-state index is 14.1. The maximum absolute atomic E-state index is 14.1. The monoisotopic (exact) mass is 435 g/mol. The van der Waals surface area contributed by atoms with Crippen molar-refractivity contribution in [2.24, 2.45) is 7.05 Å². The van der Waals surface area contributed by atoms with Gasteiger partial charge in [-0.2, -0.15) is 0 Å². The zero-order valence-corrected chi connectivity index (χ0v) is 18.5. The second-order valence-electron chi connectivity index (χ2n) is 6.56. The Morgan fingerprint density at radius 2 is 1.50 bits per heavy atom. The van der Waals surface area contributed by atoms with E-state index in [-0.39, 0.29) is 11.2 Å². The third-order valence-electron chi connectivity index (χ3n) is 4.63. The number of aryl methyl sites for hydroxylation is 1. The topological polar surface area (TPSA) is 60.0 Å². The molecular formula is C26H27F2N3O. The molecule has 0 aliphatic rings. The average Bonchev–Trinajstić information content (AvgIpc) is 2.82. The van der Waals surface area contributed by atoms with Gasteiger partial charge >= 0.3 is 0 Å². The van der Waals surface area contributed by atoms with Gasteiger partial charge in [-0.05, 0) is 41.8 Å². The molecule has 6 heteroatoms. The number of hydrogen-bond donors (Lipinski definition) is 2. The zero-order valence-electron chi connectivity index (χ0n) is 18.5. The first kappa shape index (κ1) is 24.3. The van der Waals surface area contributed by atoms with Crippen molar-refractivity contribution in [3.63, 3.8) is 0 Å². The third-order valence-corrected chi connectivity index (χ3v) is 4.63. The Labute approximate surface area is 186 Å². The molecule has 3 aromatic carbocycles. The molecule has 1 heterocycles. The van der Waals surface area contributed by atoms with E-state index >= 15 is 0 Å². The van der Waals surface area contributed by atoms with E-state index in [0.717, 1.165) is 17.0 Å². The minimum atomic E-state index is -0.701. The minimum Gasteiger partial charge on any atom is -0.399 e. The Morgan fingerprint density at radius 1 is 0.875 bits per heavy atom. The molecule has 32 heavy (non-hydrogen) atoms. The van der Waals surface area contributed by atoms with E-state index in [1.807, 2.05) is 26.0 Å². The van der Waals surface area contributed by atoms with Crippen LogP contribution in [-0.2, 0) is 7.05 Å². The van der Waals surface area contributed by atoms with Gasteiger partial charge in [-0.3, -0.25) is 4.79 Å². The molecule has 3 N–H and O–H groups in total. The van der Waals surface area contributed by atoms with Gasteiger partial charge in [0.05, 0.1) is 5.69 Å². The van der Waals surface area contributed by atoms with Crippen molar-refractivity contribution in [3.05, 3.63) is 102 Å². The molecule has 0 bridgehead atoms. The van der Waals surface area contributed by atoms with Gasteiger partial charge in [0, 0.05) is 47.2 Å². The largest absolute Gasteiger partial charge is 0.399 e. The number of fused-ring (bicyclic) bond motifs is 1. The van der Waals surface area contributed by atoms with E-state index in [1.54, 1.807) is 43.6 Å². The average molecular weight is 436 g/mol. The summed E-state index contributed by atoms with van der Waals surface area (Å²) in [5, 5.41) is 4.34. The normalized spacial score (nSPS) is 9.91. The van der Waals surface area contributed by atoms with Crippen molar-refractivity contribution in [3.8, 4) is 11.1 Å². The maximum Gasteiger partial charge on any atom is 0.258 e. The summed E-state index contributed by atoms with van der Waals surface area (Å²) in [6.07, 6.45) is 1.73. The predicted molar refractivity (Wildman–Crippen MR) is 131 cm³/mol. The smallest absolute Gasteiger partial charge is 0.258 e. The first-order valence-corrected chi connectivity index (χ1v) is 10.1. The van der Waals surface area contributed by atoms with Gasteiger partial charge in [0.1, 0.15) is 11.6 Å². The number of benzene rings is 3. The SMILES string of the molecule is C=C.CC.Cn1cc(-c2cc(N)ccc2Nc2ccc(F)cc2F)c2ccccc2c1=O. The lowest BCUT2D eigenvalue weighted by Gasteiger charge is -2.16. The fourth-order valence-corrected chi connectivity index (χ4v) is 3.26. The summed E-state index contributed by atoms with van der Waals surface area (Å²) in [7, 11) is 1.68. The summed E-state index contributed by atoms with van der Waals surface area (Å²) in [6, 6.07) is 15.8. The van der Waals surface area contributed by atoms with Gasteiger partial charge in [-0.25, -0.2) is 8.78 Å². The highest BCUT2D eigenvalue weighted by molar-refractivity contribution is 5.99. The molecule has 166 valence electrons. The number of nitrogens with zero attached hydrogens (tertiary/aromatic N) is 1. The Balaban J connectivity index is 0.000000860. The van der Waals surface area contributed by atoms with Crippen LogP contribution in [0.1, 0.15) is 13.8 Å². The lowest BCUT2D eigenvalue weighted by atomic mass is 9.98. The van der Waals surface area contributed by atoms with E-state index < -0.39 is 11.6 Å². The van der Waals surface area contributed by atoms with Crippen LogP contribution < -0.4 is 16.6 Å². The van der Waals surface area contributed by atoms with Gasteiger partial charge in [0.2, 0.25) is 0 Å². The van der Waals surface area contributed by atoms with Crippen molar-refractivity contribution in [2.75, 3.05) is 11.1 Å². The number of halogens is 2. The molecule has 4 rings (SSSR count). The summed E-state index contributed by atoms with van der Waals surface area (Å²) in [5.41, 5.74) is 8.62. The number of nitrogens with two attached hydrogens (primary N) is 1. The first-order valence-electron chi connectivity index (χ1n) is 10.1. The van der Waals surface area contributed by atoms with Crippen LogP contribution in [-0.4, -0.2) is 4.57 Å². The molecule has 0 fully saturated rings. The van der Waals surface area contributed by atoms with Crippen LogP contribution in [0.2, 0.25) is 0 Å². The molecule has 0 radical (unpaired) electrons. The summed E-state index contributed by atoms with van der Waals surface area (Å²) in [5.74, 6) is -1.35. The van der Waals surface area contributed by atoms with E-state index in [1.165, 1.54) is 16.7 Å². The van der Waals surface area contributed by atoms with Crippen LogP contribution in [0.15, 0.2) is 84.8 Å². The zero-order chi connectivity index (χ0) is 23.8. The molecule has 4 nitrogen and oxygen atoms in total. The van der Waals surface area contributed by atoms with Gasteiger partial charge in [-0.15, -0.1) is 13.2 Å². The highest BCUT2D eigenvalue weighted by Crippen LogP contribution is 2.36. The van der Waals surface area contributed by atoms with Crippen LogP contribution >= 0.6 is 0 Å². The van der Waals surface area contributed by atoms with E-state index in [0.29, 0.717) is 22.3 Å². The number of hydrogen-bond acceptors (Lipinski definition) is 3. The molecule has 0 saturated carbocycles. The fraction of sp³-hybridized carbons (Fsp3) is 0.115. The van der Waals surface area contributed by atoms with E-state index in [9.17, 15) is 13.6 Å². The van der Waals surface area contributed by atoms with Gasteiger partial charge in [0.15, 0.2) is 0 Å². The van der Waals surface area contributed by atoms with Crippen molar-refractivity contribution in [1.29, 1.82) is 0 Å². The van der Waals surface area contributed by atoms with Gasteiger partial charge < -0.3 is 15.6 Å². The second kappa shape index (κ2) is 10.9. The molecule has 0 aliphatic heterocycles. The van der Waals surface area contributed by atoms with Gasteiger partial charge in [0.25, 0.3) is 5.56 Å². The lowest BCUT2D eigenvalue weighted by molar-refractivity contribution is 0.586. The molecule has 0 amide bonds. The Kier molecular flexibility index (Phi) is 8.30. The molecule has 0 aliphatic carbocycles. The number of rotatable bonds is 3. The minimum absolute atomic E-state index is 0.109. The molecule has 1 aromatic heterocycles. The molecule has 0 saturated heterocycles. The quantitative estimate of drug-likeness (QED) is 0.280. The third kappa shape index (κ3) is 5.03. The van der Waals surface area contributed by atoms with Gasteiger partial charge in [-0.1, -0.05) is 32.0 Å². The Bertz CT molecular complexity index is 1280. The van der Waals surface area contributed by atoms with Crippen LogP contribution in [0.4, 0.5) is 25.8 Å². The van der Waals surface area contributed by atoms with Crippen molar-refractivity contribution in [2.45, 2.75) is 13.8 Å². The Morgan fingerprint density at radius 3 is 2.16 bits per heavy atom. The first-order chi connectivity index (χ1) is 15.4. The second-order valence-corrected chi connectivity index (χ2v) is 6.56. The molecule has 0 atom stereocenters. The van der Waals surface area contributed by atoms with Crippen LogP contribution in [0.5, 0.6) is 0 Å². The summed E-state index contributed by atoms with van der Waals surface area (Å²) >= 11 is 0. The number of nitrogens with one attached hydrogen (secondary N) is 1. The van der Waals surface area contributed by atoms with Crippen molar-refractivity contribution < 1.29 is 8.78 Å². The summed E-state index contributed by atoms with van der Waals surface area (Å²) in [6.45, 7) is 10.0. The molecular weight excluding hydrogens is 408 g/mol. The molecule has 0 spiro atoms. The van der Waals surface area contributed by atoms with Crippen molar-refractivity contribution >= 4 is 27.8 Å². The Hall–Kier alpha value is -3.93. The number of anilines is 3. The van der Waals surface area contributed by atoms with Crippen LogP contribution in [0.25, 0.3) is 21.9 Å². The highest BCUT2D eigenvalue weighted by atomic mass is 19.1. The molecule has 4 aromatic rings. The number of pyridine rings is 1. The molecule has 0 unspecified atom stereocenters. The number of aromatic nitrogens is 1. The summed E-state index contributed by atoms with van der Waals surface area (Å²) in [4.78, 5) is 12.5. The van der Waals surface area contributed by atoms with Crippen LogP contribution in [0, 0.1) is 11.6 Å². The standard InChI is InChI=1S/C22H17F2N3O.C2H6.C2H4/c1-27-12-18(15-4-2-3-5-16(15)22(27)28)17-11-14(25)7-9-20(17)26-21-8-6-13(23)10-19(21)24;2*1-2/h2-12,26H,25H2,1H3;1-2H3;1-2H2.